The smallest absolute Gasteiger partial charge is 0.243 e. The van der Waals surface area contributed by atoms with Gasteiger partial charge < -0.3 is 14.7 Å². The summed E-state index contributed by atoms with van der Waals surface area (Å²) in [5, 5.41) is 10.2. The van der Waals surface area contributed by atoms with Gasteiger partial charge in [0, 0.05) is 37.7 Å². The van der Waals surface area contributed by atoms with Gasteiger partial charge in [0.2, 0.25) is 10.0 Å². The molecular weight excluding hydrogens is 414 g/mol. The van der Waals surface area contributed by atoms with Crippen molar-refractivity contribution in [2.75, 3.05) is 25.2 Å². The van der Waals surface area contributed by atoms with Crippen molar-refractivity contribution >= 4 is 15.7 Å². The molecule has 1 aliphatic heterocycles. The Labute approximate surface area is 182 Å². The summed E-state index contributed by atoms with van der Waals surface area (Å²) in [5.41, 5.74) is 2.86. The predicted molar refractivity (Wildman–Crippen MR) is 118 cm³/mol. The Hall–Kier alpha value is -2.94. The maximum Gasteiger partial charge on any atom is 0.243 e. The van der Waals surface area contributed by atoms with E-state index in [4.69, 9.17) is 4.74 Å². The lowest BCUT2D eigenvalue weighted by atomic mass is 10.1. The standard InChI is InChI=1S/C23H25N3O4S/c1-30-21-8-10-22(11-9-21)31(28,29)26-15-19-6-2-3-7-23(19)25(16-20(26)17-27)14-18-5-4-12-24-13-18/h2-13,20,27H,14-17H2,1H3. The molecule has 1 aliphatic rings. The molecule has 1 unspecified atom stereocenters. The molecule has 8 heteroatoms. The van der Waals surface area contributed by atoms with Crippen LogP contribution in [0.15, 0.2) is 78.0 Å². The third-order valence-electron chi connectivity index (χ3n) is 5.47. The molecule has 0 radical (unpaired) electrons. The molecule has 162 valence electrons. The minimum absolute atomic E-state index is 0.171. The Morgan fingerprint density at radius 3 is 2.55 bits per heavy atom. The summed E-state index contributed by atoms with van der Waals surface area (Å²) in [4.78, 5) is 6.46. The summed E-state index contributed by atoms with van der Waals surface area (Å²) < 4.78 is 33.6. The van der Waals surface area contributed by atoms with Crippen LogP contribution in [0.3, 0.4) is 0 Å². The number of methoxy groups -OCH3 is 1. The molecule has 1 atom stereocenters. The molecule has 0 spiro atoms. The second-order valence-corrected chi connectivity index (χ2v) is 9.32. The van der Waals surface area contributed by atoms with Gasteiger partial charge in [0.1, 0.15) is 5.75 Å². The van der Waals surface area contributed by atoms with Gasteiger partial charge in [-0.15, -0.1) is 0 Å². The van der Waals surface area contributed by atoms with Crippen LogP contribution in [-0.2, 0) is 23.1 Å². The summed E-state index contributed by atoms with van der Waals surface area (Å²) in [5.74, 6) is 0.585. The number of rotatable bonds is 6. The van der Waals surface area contributed by atoms with Crippen molar-refractivity contribution < 1.29 is 18.3 Å². The summed E-state index contributed by atoms with van der Waals surface area (Å²) in [6, 6.07) is 17.3. The molecular formula is C23H25N3O4S. The van der Waals surface area contributed by atoms with Crippen molar-refractivity contribution in [2.45, 2.75) is 24.0 Å². The van der Waals surface area contributed by atoms with E-state index in [9.17, 15) is 13.5 Å². The number of benzene rings is 2. The van der Waals surface area contributed by atoms with E-state index in [0.717, 1.165) is 16.8 Å². The van der Waals surface area contributed by atoms with Crippen LogP contribution in [0.1, 0.15) is 11.1 Å². The highest BCUT2D eigenvalue weighted by Crippen LogP contribution is 2.32. The van der Waals surface area contributed by atoms with E-state index in [2.05, 4.69) is 9.88 Å². The van der Waals surface area contributed by atoms with Crippen molar-refractivity contribution in [2.24, 2.45) is 0 Å². The molecule has 0 saturated heterocycles. The number of hydrogen-bond acceptors (Lipinski definition) is 6. The largest absolute Gasteiger partial charge is 0.497 e. The molecule has 0 fully saturated rings. The van der Waals surface area contributed by atoms with E-state index in [-0.39, 0.29) is 18.0 Å². The Balaban J connectivity index is 1.72. The number of fused-ring (bicyclic) bond motifs is 1. The number of para-hydroxylation sites is 1. The van der Waals surface area contributed by atoms with Gasteiger partial charge in [0.15, 0.2) is 0 Å². The average Bonchev–Trinajstić information content (AvgIpc) is 2.97. The number of aromatic nitrogens is 1. The molecule has 0 saturated carbocycles. The first kappa shape index (κ1) is 21.3. The molecule has 2 heterocycles. The number of pyridine rings is 1. The van der Waals surface area contributed by atoms with Crippen LogP contribution in [-0.4, -0.2) is 49.1 Å². The maximum absolute atomic E-state index is 13.5. The molecule has 0 amide bonds. The topological polar surface area (TPSA) is 83.0 Å². The molecule has 3 aromatic rings. The van der Waals surface area contributed by atoms with Crippen LogP contribution in [0, 0.1) is 0 Å². The number of hydrogen-bond donors (Lipinski definition) is 1. The van der Waals surface area contributed by atoms with Crippen molar-refractivity contribution in [3.05, 3.63) is 84.2 Å². The van der Waals surface area contributed by atoms with Crippen LogP contribution in [0.4, 0.5) is 5.69 Å². The van der Waals surface area contributed by atoms with Crippen LogP contribution in [0.25, 0.3) is 0 Å². The highest BCUT2D eigenvalue weighted by atomic mass is 32.2. The van der Waals surface area contributed by atoms with E-state index in [0.29, 0.717) is 18.8 Å². The first-order chi connectivity index (χ1) is 15.0. The van der Waals surface area contributed by atoms with Crippen LogP contribution in [0.2, 0.25) is 0 Å². The number of nitrogens with zero attached hydrogens (tertiary/aromatic N) is 3. The van der Waals surface area contributed by atoms with Crippen molar-refractivity contribution in [3.63, 3.8) is 0 Å². The van der Waals surface area contributed by atoms with Crippen LogP contribution in [0.5, 0.6) is 5.75 Å². The first-order valence-electron chi connectivity index (χ1n) is 10.0. The van der Waals surface area contributed by atoms with Gasteiger partial charge in [0.05, 0.1) is 24.7 Å². The monoisotopic (exact) mass is 439 g/mol. The Morgan fingerprint density at radius 2 is 1.87 bits per heavy atom. The van der Waals surface area contributed by atoms with Gasteiger partial charge in [-0.3, -0.25) is 4.98 Å². The lowest BCUT2D eigenvalue weighted by molar-refractivity contribution is 0.188. The Kier molecular flexibility index (Phi) is 6.22. The quantitative estimate of drug-likeness (QED) is 0.636. The second kappa shape index (κ2) is 9.05. The maximum atomic E-state index is 13.5. The van der Waals surface area contributed by atoms with Crippen molar-refractivity contribution in [1.82, 2.24) is 9.29 Å². The van der Waals surface area contributed by atoms with Gasteiger partial charge >= 0.3 is 0 Å². The molecule has 31 heavy (non-hydrogen) atoms. The van der Waals surface area contributed by atoms with Gasteiger partial charge in [0.25, 0.3) is 0 Å². The van der Waals surface area contributed by atoms with E-state index >= 15 is 0 Å². The SMILES string of the molecule is COc1ccc(S(=O)(=O)N2Cc3ccccc3N(Cc3cccnc3)CC2CO)cc1. The molecule has 0 bridgehead atoms. The van der Waals surface area contributed by atoms with Gasteiger partial charge in [-0.1, -0.05) is 24.3 Å². The minimum atomic E-state index is -3.83. The normalized spacial score (nSPS) is 17.1. The number of ether oxygens (including phenoxy) is 1. The van der Waals surface area contributed by atoms with E-state index in [1.54, 1.807) is 24.5 Å². The molecule has 7 nitrogen and oxygen atoms in total. The van der Waals surface area contributed by atoms with Crippen LogP contribution >= 0.6 is 0 Å². The Morgan fingerprint density at radius 1 is 1.10 bits per heavy atom. The molecule has 1 N–H and O–H groups in total. The van der Waals surface area contributed by atoms with E-state index in [1.807, 2.05) is 36.4 Å². The fraction of sp³-hybridized carbons (Fsp3) is 0.261. The number of sulfonamides is 1. The number of aliphatic hydroxyl groups excluding tert-OH is 1. The number of anilines is 1. The summed E-state index contributed by atoms with van der Waals surface area (Å²) in [7, 11) is -2.30. The summed E-state index contributed by atoms with van der Waals surface area (Å²) in [6.07, 6.45) is 3.52. The van der Waals surface area contributed by atoms with Crippen molar-refractivity contribution in [1.29, 1.82) is 0 Å². The fourth-order valence-corrected chi connectivity index (χ4v) is 5.45. The van der Waals surface area contributed by atoms with Crippen LogP contribution < -0.4 is 9.64 Å². The van der Waals surface area contributed by atoms with E-state index < -0.39 is 16.1 Å². The third-order valence-corrected chi connectivity index (χ3v) is 7.38. The summed E-state index contributed by atoms with van der Waals surface area (Å²) >= 11 is 0. The zero-order valence-electron chi connectivity index (χ0n) is 17.3. The highest BCUT2D eigenvalue weighted by molar-refractivity contribution is 7.89. The zero-order chi connectivity index (χ0) is 21.8. The van der Waals surface area contributed by atoms with Crippen molar-refractivity contribution in [3.8, 4) is 5.75 Å². The van der Waals surface area contributed by atoms with Gasteiger partial charge in [-0.25, -0.2) is 8.42 Å². The summed E-state index contributed by atoms with van der Waals surface area (Å²) in [6.45, 7) is 0.821. The predicted octanol–water partition coefficient (Wildman–Crippen LogP) is 2.66. The molecule has 4 rings (SSSR count). The first-order valence-corrected chi connectivity index (χ1v) is 11.5. The minimum Gasteiger partial charge on any atom is -0.497 e. The molecule has 0 aliphatic carbocycles. The van der Waals surface area contributed by atoms with E-state index in [1.165, 1.54) is 23.5 Å². The lowest BCUT2D eigenvalue weighted by Crippen LogP contribution is -2.46. The fourth-order valence-electron chi connectivity index (χ4n) is 3.87. The second-order valence-electron chi connectivity index (χ2n) is 7.43. The Bertz CT molecular complexity index is 1120. The van der Waals surface area contributed by atoms with Gasteiger partial charge in [-0.05, 0) is 47.5 Å². The zero-order valence-corrected chi connectivity index (χ0v) is 18.1. The lowest BCUT2D eigenvalue weighted by Gasteiger charge is -2.31. The average molecular weight is 440 g/mol. The van der Waals surface area contributed by atoms with Gasteiger partial charge in [-0.2, -0.15) is 4.31 Å². The number of aliphatic hydroxyl groups is 1. The molecule has 1 aromatic heterocycles. The molecule has 2 aromatic carbocycles. The highest BCUT2D eigenvalue weighted by Gasteiger charge is 2.36. The third kappa shape index (κ3) is 4.41.